The summed E-state index contributed by atoms with van der Waals surface area (Å²) in [4.78, 5) is 0. The highest BCUT2D eigenvalue weighted by atomic mass is 35.5. The summed E-state index contributed by atoms with van der Waals surface area (Å²) in [6, 6.07) is 8.39. The van der Waals surface area contributed by atoms with Crippen LogP contribution < -0.4 is 12.4 Å². The Morgan fingerprint density at radius 1 is 0.850 bits per heavy atom. The average Bonchev–Trinajstić information content (AvgIpc) is 2.40. The smallest absolute Gasteiger partial charge is 0.106 e. The van der Waals surface area contributed by atoms with Gasteiger partial charge < -0.3 is 16.9 Å². The van der Waals surface area contributed by atoms with Crippen LogP contribution in [0.2, 0.25) is 0 Å². The van der Waals surface area contributed by atoms with Crippen molar-refractivity contribution in [1.82, 2.24) is 0 Å². The lowest BCUT2D eigenvalue weighted by Crippen LogP contribution is -3.00. The lowest BCUT2D eigenvalue weighted by atomic mass is 10.1. The van der Waals surface area contributed by atoms with E-state index in [1.165, 1.54) is 11.1 Å². The standard InChI is InChI=1S/C18H24N.ClH/c1-5-13-19(14-6-2,15-7-3)16-18-12-10-9-11-17(18)8-4;/h5-12H,1-4,13-16H2;1H/q+1;/p-1. The van der Waals surface area contributed by atoms with Gasteiger partial charge in [-0.25, -0.2) is 0 Å². The van der Waals surface area contributed by atoms with E-state index >= 15 is 0 Å². The molecule has 1 aromatic rings. The monoisotopic (exact) mass is 289 g/mol. The van der Waals surface area contributed by atoms with Crippen LogP contribution >= 0.6 is 0 Å². The maximum absolute atomic E-state index is 3.89. The van der Waals surface area contributed by atoms with Gasteiger partial charge in [0.15, 0.2) is 0 Å². The molecule has 0 aliphatic carbocycles. The average molecular weight is 290 g/mol. The predicted octanol–water partition coefficient (Wildman–Crippen LogP) is 1.21. The maximum atomic E-state index is 3.89. The number of halogens is 1. The zero-order valence-corrected chi connectivity index (χ0v) is 12.9. The van der Waals surface area contributed by atoms with Crippen LogP contribution in [0.3, 0.4) is 0 Å². The molecule has 0 aliphatic heterocycles. The van der Waals surface area contributed by atoms with E-state index in [1.54, 1.807) is 0 Å². The van der Waals surface area contributed by atoms with Gasteiger partial charge in [0.25, 0.3) is 0 Å². The minimum atomic E-state index is 0. The van der Waals surface area contributed by atoms with Gasteiger partial charge in [-0.3, -0.25) is 0 Å². The number of hydrogen-bond acceptors (Lipinski definition) is 0. The Hall–Kier alpha value is -1.57. The van der Waals surface area contributed by atoms with E-state index in [0.29, 0.717) is 0 Å². The molecular weight excluding hydrogens is 266 g/mol. The van der Waals surface area contributed by atoms with Gasteiger partial charge in [-0.05, 0) is 23.8 Å². The van der Waals surface area contributed by atoms with Crippen molar-refractivity contribution in [1.29, 1.82) is 0 Å². The normalized spacial score (nSPS) is 10.2. The highest BCUT2D eigenvalue weighted by molar-refractivity contribution is 5.51. The third-order valence-electron chi connectivity index (χ3n) is 3.33. The molecule has 0 fully saturated rings. The second-order valence-corrected chi connectivity index (χ2v) is 4.82. The first-order valence-corrected chi connectivity index (χ1v) is 6.59. The Kier molecular flexibility index (Phi) is 8.62. The van der Waals surface area contributed by atoms with Crippen LogP contribution in [0.5, 0.6) is 0 Å². The summed E-state index contributed by atoms with van der Waals surface area (Å²) in [5.41, 5.74) is 2.50. The Labute approximate surface area is 129 Å². The number of nitrogens with zero attached hydrogens (tertiary/aromatic N) is 1. The summed E-state index contributed by atoms with van der Waals surface area (Å²) in [7, 11) is 0. The highest BCUT2D eigenvalue weighted by Gasteiger charge is 2.24. The summed E-state index contributed by atoms with van der Waals surface area (Å²) in [5.74, 6) is 0. The molecule has 1 nitrogen and oxygen atoms in total. The number of rotatable bonds is 9. The van der Waals surface area contributed by atoms with E-state index in [-0.39, 0.29) is 12.4 Å². The largest absolute Gasteiger partial charge is 1.00 e. The van der Waals surface area contributed by atoms with E-state index < -0.39 is 0 Å². The molecule has 2 heteroatoms. The van der Waals surface area contributed by atoms with Crippen molar-refractivity contribution in [3.05, 3.63) is 79.9 Å². The molecular formula is C18H24ClN. The number of benzene rings is 1. The Morgan fingerprint density at radius 2 is 1.35 bits per heavy atom. The molecule has 0 aromatic heterocycles. The van der Waals surface area contributed by atoms with Crippen molar-refractivity contribution in [2.45, 2.75) is 6.54 Å². The minimum absolute atomic E-state index is 0. The molecule has 0 radical (unpaired) electrons. The van der Waals surface area contributed by atoms with Crippen molar-refractivity contribution in [2.24, 2.45) is 0 Å². The molecule has 0 saturated heterocycles. The van der Waals surface area contributed by atoms with Crippen molar-refractivity contribution in [2.75, 3.05) is 19.6 Å². The van der Waals surface area contributed by atoms with E-state index in [1.807, 2.05) is 30.4 Å². The molecule has 1 aromatic carbocycles. The first-order chi connectivity index (χ1) is 9.21. The highest BCUT2D eigenvalue weighted by Crippen LogP contribution is 2.19. The fraction of sp³-hybridized carbons (Fsp3) is 0.222. The molecule has 0 heterocycles. The van der Waals surface area contributed by atoms with Crippen molar-refractivity contribution < 1.29 is 16.9 Å². The zero-order valence-electron chi connectivity index (χ0n) is 12.1. The SMILES string of the molecule is C=CC[N+](CC=C)(CC=C)Cc1ccccc1C=C.[Cl-]. The van der Waals surface area contributed by atoms with Crippen molar-refractivity contribution in [3.8, 4) is 0 Å². The summed E-state index contributed by atoms with van der Waals surface area (Å²) < 4.78 is 0.876. The van der Waals surface area contributed by atoms with Crippen molar-refractivity contribution >= 4 is 6.08 Å². The van der Waals surface area contributed by atoms with Crippen molar-refractivity contribution in [3.63, 3.8) is 0 Å². The Bertz CT molecular complexity index is 436. The van der Waals surface area contributed by atoms with Crippen LogP contribution in [-0.4, -0.2) is 24.1 Å². The van der Waals surface area contributed by atoms with Crippen LogP contribution in [0.4, 0.5) is 0 Å². The predicted molar refractivity (Wildman–Crippen MR) is 85.7 cm³/mol. The van der Waals surface area contributed by atoms with E-state index in [4.69, 9.17) is 0 Å². The molecule has 0 saturated carbocycles. The lowest BCUT2D eigenvalue weighted by Gasteiger charge is -2.36. The molecule has 0 unspecified atom stereocenters. The van der Waals surface area contributed by atoms with Gasteiger partial charge in [0.1, 0.15) is 6.54 Å². The van der Waals surface area contributed by atoms with Crippen LogP contribution in [0.25, 0.3) is 6.08 Å². The summed E-state index contributed by atoms with van der Waals surface area (Å²) >= 11 is 0. The summed E-state index contributed by atoms with van der Waals surface area (Å²) in [6.07, 6.45) is 7.84. The Balaban J connectivity index is 0.00000361. The molecule has 108 valence electrons. The van der Waals surface area contributed by atoms with Gasteiger partial charge in [0, 0.05) is 5.56 Å². The first-order valence-electron chi connectivity index (χ1n) is 6.59. The lowest BCUT2D eigenvalue weighted by molar-refractivity contribution is -0.924. The fourth-order valence-corrected chi connectivity index (χ4v) is 2.48. The minimum Gasteiger partial charge on any atom is -1.00 e. The van der Waals surface area contributed by atoms with Crippen LogP contribution in [0.15, 0.2) is 68.8 Å². The number of hydrogen-bond donors (Lipinski definition) is 0. The third-order valence-corrected chi connectivity index (χ3v) is 3.33. The molecule has 1 rings (SSSR count). The molecule has 0 amide bonds. The van der Waals surface area contributed by atoms with Gasteiger partial charge in [0.05, 0.1) is 19.6 Å². The third kappa shape index (κ3) is 4.84. The quantitative estimate of drug-likeness (QED) is 0.474. The molecule has 0 N–H and O–H groups in total. The second kappa shape index (κ2) is 9.35. The summed E-state index contributed by atoms with van der Waals surface area (Å²) in [6.45, 7) is 19.2. The van der Waals surface area contributed by atoms with Crippen LogP contribution in [0, 0.1) is 0 Å². The Morgan fingerprint density at radius 3 is 1.80 bits per heavy atom. The van der Waals surface area contributed by atoms with Gasteiger partial charge >= 0.3 is 0 Å². The topological polar surface area (TPSA) is 0 Å². The maximum Gasteiger partial charge on any atom is 0.106 e. The second-order valence-electron chi connectivity index (χ2n) is 4.82. The van der Waals surface area contributed by atoms with Gasteiger partial charge in [-0.1, -0.05) is 56.7 Å². The molecule has 0 bridgehead atoms. The number of quaternary nitrogens is 1. The van der Waals surface area contributed by atoms with Crippen LogP contribution in [0.1, 0.15) is 11.1 Å². The van der Waals surface area contributed by atoms with E-state index in [0.717, 1.165) is 30.7 Å². The van der Waals surface area contributed by atoms with Gasteiger partial charge in [-0.2, -0.15) is 0 Å². The first kappa shape index (κ1) is 18.4. The van der Waals surface area contributed by atoms with Gasteiger partial charge in [0.2, 0.25) is 0 Å². The van der Waals surface area contributed by atoms with Gasteiger partial charge in [-0.15, -0.1) is 0 Å². The molecule has 0 spiro atoms. The summed E-state index contributed by atoms with van der Waals surface area (Å²) in [5, 5.41) is 0. The molecule has 20 heavy (non-hydrogen) atoms. The fourth-order valence-electron chi connectivity index (χ4n) is 2.48. The van der Waals surface area contributed by atoms with Crippen LogP contribution in [-0.2, 0) is 6.54 Å². The molecule has 0 atom stereocenters. The zero-order chi connectivity index (χ0) is 14.1. The van der Waals surface area contributed by atoms with E-state index in [2.05, 4.69) is 44.5 Å². The van der Waals surface area contributed by atoms with E-state index in [9.17, 15) is 0 Å². The molecule has 0 aliphatic rings.